The number of nitrogens with zero attached hydrogens (tertiary/aromatic N) is 3. The summed E-state index contributed by atoms with van der Waals surface area (Å²) in [5.41, 5.74) is 3.08. The topological polar surface area (TPSA) is 50.7 Å². The van der Waals surface area contributed by atoms with Crippen molar-refractivity contribution in [3.63, 3.8) is 0 Å². The minimum atomic E-state index is 0.707. The second-order valence-corrected chi connectivity index (χ2v) is 6.93. The highest BCUT2D eigenvalue weighted by atomic mass is 15.0. The third-order valence-corrected chi connectivity index (χ3v) is 4.78. The van der Waals surface area contributed by atoms with Crippen molar-refractivity contribution in [2.24, 2.45) is 0 Å². The Labute approximate surface area is 158 Å². The third kappa shape index (κ3) is 6.40. The van der Waals surface area contributed by atoms with Crippen molar-refractivity contribution in [1.82, 2.24) is 15.0 Å². The first-order chi connectivity index (χ1) is 12.8. The number of aromatic nitrogens is 3. The van der Waals surface area contributed by atoms with E-state index in [1.54, 1.807) is 6.20 Å². The van der Waals surface area contributed by atoms with Crippen LogP contribution in [-0.4, -0.2) is 21.5 Å². The summed E-state index contributed by atoms with van der Waals surface area (Å²) in [5.74, 6) is 1.68. The van der Waals surface area contributed by atoms with Gasteiger partial charge in [0.05, 0.1) is 0 Å². The van der Waals surface area contributed by atoms with Crippen molar-refractivity contribution >= 4 is 5.82 Å². The van der Waals surface area contributed by atoms with E-state index < -0.39 is 0 Å². The van der Waals surface area contributed by atoms with Crippen LogP contribution in [0.25, 0.3) is 11.5 Å². The first kappa shape index (κ1) is 20.3. The molecule has 0 aliphatic rings. The van der Waals surface area contributed by atoms with Gasteiger partial charge in [0.15, 0.2) is 5.82 Å². The lowest BCUT2D eigenvalue weighted by Crippen LogP contribution is -2.10. The van der Waals surface area contributed by atoms with Gasteiger partial charge in [-0.2, -0.15) is 0 Å². The summed E-state index contributed by atoms with van der Waals surface area (Å²) >= 11 is 0. The van der Waals surface area contributed by atoms with Crippen molar-refractivity contribution in [2.75, 3.05) is 11.9 Å². The van der Waals surface area contributed by atoms with E-state index in [1.165, 1.54) is 56.9 Å². The van der Waals surface area contributed by atoms with Gasteiger partial charge in [0.25, 0.3) is 0 Å². The van der Waals surface area contributed by atoms with Gasteiger partial charge >= 0.3 is 0 Å². The van der Waals surface area contributed by atoms with Crippen LogP contribution in [-0.2, 0) is 6.42 Å². The number of anilines is 1. The van der Waals surface area contributed by atoms with Crippen molar-refractivity contribution in [3.05, 3.63) is 35.7 Å². The van der Waals surface area contributed by atoms with Crippen LogP contribution in [0, 0.1) is 6.92 Å². The van der Waals surface area contributed by atoms with Gasteiger partial charge in [0.2, 0.25) is 0 Å². The highest BCUT2D eigenvalue weighted by Crippen LogP contribution is 2.21. The highest BCUT2D eigenvalue weighted by Gasteiger charge is 2.11. The number of pyridine rings is 1. The SMILES string of the molecule is CCCCCCCCCCNc1nc(-c2ccccn2)nc(C)c1CC. The zero-order valence-corrected chi connectivity index (χ0v) is 16.7. The van der Waals surface area contributed by atoms with Crippen LogP contribution >= 0.6 is 0 Å². The summed E-state index contributed by atoms with van der Waals surface area (Å²) in [6, 6.07) is 5.85. The molecule has 0 bridgehead atoms. The zero-order chi connectivity index (χ0) is 18.6. The summed E-state index contributed by atoms with van der Waals surface area (Å²) in [6.07, 6.45) is 13.4. The van der Waals surface area contributed by atoms with Crippen molar-refractivity contribution in [2.45, 2.75) is 78.6 Å². The fraction of sp³-hybridized carbons (Fsp3) is 0.591. The molecule has 4 heteroatoms. The van der Waals surface area contributed by atoms with Crippen LogP contribution in [0.15, 0.2) is 24.4 Å². The Hall–Kier alpha value is -1.97. The molecular weight excluding hydrogens is 320 g/mol. The van der Waals surface area contributed by atoms with Gasteiger partial charge in [0, 0.05) is 24.0 Å². The first-order valence-electron chi connectivity index (χ1n) is 10.3. The van der Waals surface area contributed by atoms with Crippen molar-refractivity contribution < 1.29 is 0 Å². The van der Waals surface area contributed by atoms with Gasteiger partial charge in [-0.05, 0) is 31.9 Å². The Morgan fingerprint density at radius 3 is 2.27 bits per heavy atom. The average molecular weight is 355 g/mol. The number of hydrogen-bond acceptors (Lipinski definition) is 4. The Morgan fingerprint density at radius 2 is 1.62 bits per heavy atom. The lowest BCUT2D eigenvalue weighted by atomic mass is 10.1. The largest absolute Gasteiger partial charge is 0.370 e. The molecular formula is C22H34N4. The van der Waals surface area contributed by atoms with Gasteiger partial charge in [0.1, 0.15) is 11.5 Å². The summed E-state index contributed by atoms with van der Waals surface area (Å²) in [6.45, 7) is 7.46. The molecule has 0 radical (unpaired) electrons. The van der Waals surface area contributed by atoms with E-state index in [1.807, 2.05) is 18.2 Å². The zero-order valence-electron chi connectivity index (χ0n) is 16.7. The van der Waals surface area contributed by atoms with Gasteiger partial charge in [-0.15, -0.1) is 0 Å². The monoisotopic (exact) mass is 354 g/mol. The average Bonchev–Trinajstić information content (AvgIpc) is 2.67. The molecule has 142 valence electrons. The van der Waals surface area contributed by atoms with Crippen LogP contribution in [0.2, 0.25) is 0 Å². The molecule has 0 spiro atoms. The summed E-state index contributed by atoms with van der Waals surface area (Å²) < 4.78 is 0. The molecule has 0 fully saturated rings. The molecule has 2 aromatic heterocycles. The quantitative estimate of drug-likeness (QED) is 0.478. The van der Waals surface area contributed by atoms with Crippen LogP contribution in [0.1, 0.15) is 76.5 Å². The Balaban J connectivity index is 1.86. The minimum Gasteiger partial charge on any atom is -0.370 e. The number of hydrogen-bond donors (Lipinski definition) is 1. The molecule has 0 saturated heterocycles. The van der Waals surface area contributed by atoms with Gasteiger partial charge in [-0.3, -0.25) is 4.98 Å². The summed E-state index contributed by atoms with van der Waals surface area (Å²) in [4.78, 5) is 13.8. The molecule has 2 aromatic rings. The molecule has 4 nitrogen and oxygen atoms in total. The fourth-order valence-electron chi connectivity index (χ4n) is 3.24. The second kappa shape index (κ2) is 11.6. The molecule has 0 aliphatic carbocycles. The minimum absolute atomic E-state index is 0.707. The molecule has 0 aromatic carbocycles. The number of rotatable bonds is 12. The normalized spacial score (nSPS) is 10.9. The van der Waals surface area contributed by atoms with Gasteiger partial charge in [-0.25, -0.2) is 9.97 Å². The summed E-state index contributed by atoms with van der Waals surface area (Å²) in [7, 11) is 0. The van der Waals surface area contributed by atoms with Crippen LogP contribution in [0.4, 0.5) is 5.82 Å². The summed E-state index contributed by atoms with van der Waals surface area (Å²) in [5, 5.41) is 3.55. The standard InChI is InChI=1S/C22H34N4/c1-4-6-7-8-9-10-11-13-17-24-21-19(5-2)18(3)25-22(26-21)20-15-12-14-16-23-20/h12,14-16H,4-11,13,17H2,1-3H3,(H,24,25,26). The number of aryl methyl sites for hydroxylation is 1. The predicted octanol–water partition coefficient (Wildman–Crippen LogP) is 5.96. The van der Waals surface area contributed by atoms with Crippen LogP contribution < -0.4 is 5.32 Å². The van der Waals surface area contributed by atoms with Crippen molar-refractivity contribution in [1.29, 1.82) is 0 Å². The molecule has 2 heterocycles. The maximum atomic E-state index is 4.76. The van der Waals surface area contributed by atoms with E-state index in [4.69, 9.17) is 4.98 Å². The number of unbranched alkanes of at least 4 members (excludes halogenated alkanes) is 7. The van der Waals surface area contributed by atoms with Gasteiger partial charge in [-0.1, -0.05) is 64.9 Å². The van der Waals surface area contributed by atoms with Crippen LogP contribution in [0.5, 0.6) is 0 Å². The Bertz CT molecular complexity index is 640. The molecule has 1 N–H and O–H groups in total. The van der Waals surface area contributed by atoms with E-state index in [-0.39, 0.29) is 0 Å². The molecule has 0 amide bonds. The predicted molar refractivity (Wildman–Crippen MR) is 110 cm³/mol. The Morgan fingerprint density at radius 1 is 0.885 bits per heavy atom. The molecule has 0 saturated carbocycles. The lowest BCUT2D eigenvalue weighted by Gasteiger charge is -2.13. The maximum Gasteiger partial charge on any atom is 0.180 e. The lowest BCUT2D eigenvalue weighted by molar-refractivity contribution is 0.581. The molecule has 0 aliphatic heterocycles. The van der Waals surface area contributed by atoms with Crippen LogP contribution in [0.3, 0.4) is 0 Å². The maximum absolute atomic E-state index is 4.76. The van der Waals surface area contributed by atoms with E-state index in [9.17, 15) is 0 Å². The van der Waals surface area contributed by atoms with Gasteiger partial charge < -0.3 is 5.32 Å². The van der Waals surface area contributed by atoms with E-state index in [0.717, 1.165) is 30.2 Å². The third-order valence-electron chi connectivity index (χ3n) is 4.78. The second-order valence-electron chi connectivity index (χ2n) is 6.93. The molecule has 2 rings (SSSR count). The molecule has 26 heavy (non-hydrogen) atoms. The Kier molecular flexibility index (Phi) is 9.08. The van der Waals surface area contributed by atoms with E-state index in [0.29, 0.717) is 5.82 Å². The van der Waals surface area contributed by atoms with E-state index >= 15 is 0 Å². The fourth-order valence-corrected chi connectivity index (χ4v) is 3.24. The van der Waals surface area contributed by atoms with E-state index in [2.05, 4.69) is 36.1 Å². The molecule has 0 atom stereocenters. The number of nitrogens with one attached hydrogen (secondary N) is 1. The van der Waals surface area contributed by atoms with Crippen molar-refractivity contribution in [3.8, 4) is 11.5 Å². The molecule has 0 unspecified atom stereocenters. The first-order valence-corrected chi connectivity index (χ1v) is 10.3. The smallest absolute Gasteiger partial charge is 0.180 e. The highest BCUT2D eigenvalue weighted by molar-refractivity contribution is 5.56.